The highest BCUT2D eigenvalue weighted by molar-refractivity contribution is 5.79. The fourth-order valence-electron chi connectivity index (χ4n) is 2.43. The van der Waals surface area contributed by atoms with E-state index in [1.165, 1.54) is 0 Å². The van der Waals surface area contributed by atoms with Gasteiger partial charge in [-0.15, -0.1) is 0 Å². The first-order valence-corrected chi connectivity index (χ1v) is 9.90. The van der Waals surface area contributed by atoms with Crippen LogP contribution in [0.1, 0.15) is 57.6 Å². The average Bonchev–Trinajstić information content (AvgIpc) is 3.06. The fourth-order valence-corrected chi connectivity index (χ4v) is 2.43. The molecule has 0 aliphatic heterocycles. The number of aromatic nitrogens is 1. The smallest absolute Gasteiger partial charge is 0.191 e. The second-order valence-electron chi connectivity index (χ2n) is 5.94. The summed E-state index contributed by atoms with van der Waals surface area (Å²) in [4.78, 5) is 4.66. The molecule has 26 heavy (non-hydrogen) atoms. The van der Waals surface area contributed by atoms with Gasteiger partial charge in [0.15, 0.2) is 5.96 Å². The van der Waals surface area contributed by atoms with Gasteiger partial charge in [0.1, 0.15) is 5.76 Å². The van der Waals surface area contributed by atoms with Crippen molar-refractivity contribution in [3.8, 4) is 0 Å². The summed E-state index contributed by atoms with van der Waals surface area (Å²) in [5, 5.41) is 10.7. The summed E-state index contributed by atoms with van der Waals surface area (Å²) in [5.74, 6) is 1.70. The quantitative estimate of drug-likeness (QED) is 0.298. The molecule has 1 aromatic heterocycles. The van der Waals surface area contributed by atoms with Gasteiger partial charge in [0, 0.05) is 31.7 Å². The van der Waals surface area contributed by atoms with Gasteiger partial charge >= 0.3 is 0 Å². The molecule has 0 saturated carbocycles. The molecule has 0 spiro atoms. The zero-order chi connectivity index (χ0) is 19.0. The standard InChI is InChI=1S/C19H36N4O3/c1-5-9-11-24-13-14-25-12-10-21-19(20-8-4)22-15-16-17(6-2)23-26-18(16)7-3/h5-15H2,1-4H3,(H2,20,21,22). The summed E-state index contributed by atoms with van der Waals surface area (Å²) in [7, 11) is 0. The van der Waals surface area contributed by atoms with E-state index in [1.807, 2.05) is 0 Å². The normalized spacial score (nSPS) is 11.8. The Morgan fingerprint density at radius 1 is 1.00 bits per heavy atom. The number of nitrogens with zero attached hydrogens (tertiary/aromatic N) is 2. The topological polar surface area (TPSA) is 80.9 Å². The van der Waals surface area contributed by atoms with Crippen LogP contribution in [-0.2, 0) is 28.9 Å². The van der Waals surface area contributed by atoms with E-state index in [0.29, 0.717) is 32.9 Å². The van der Waals surface area contributed by atoms with Gasteiger partial charge in [-0.05, 0) is 19.8 Å². The predicted molar refractivity (Wildman–Crippen MR) is 105 cm³/mol. The molecule has 0 aliphatic rings. The van der Waals surface area contributed by atoms with Crippen LogP contribution in [0.15, 0.2) is 9.52 Å². The summed E-state index contributed by atoms with van der Waals surface area (Å²) in [5.41, 5.74) is 2.10. The average molecular weight is 369 g/mol. The summed E-state index contributed by atoms with van der Waals surface area (Å²) in [6, 6.07) is 0. The van der Waals surface area contributed by atoms with E-state index in [1.54, 1.807) is 0 Å². The lowest BCUT2D eigenvalue weighted by atomic mass is 10.1. The van der Waals surface area contributed by atoms with Gasteiger partial charge in [-0.3, -0.25) is 0 Å². The van der Waals surface area contributed by atoms with Gasteiger partial charge in [-0.1, -0.05) is 32.3 Å². The van der Waals surface area contributed by atoms with Crippen LogP contribution >= 0.6 is 0 Å². The van der Waals surface area contributed by atoms with Crippen molar-refractivity contribution < 1.29 is 14.0 Å². The van der Waals surface area contributed by atoms with Crippen LogP contribution in [-0.4, -0.2) is 50.6 Å². The highest BCUT2D eigenvalue weighted by Crippen LogP contribution is 2.16. The molecular weight excluding hydrogens is 332 g/mol. The Bertz CT molecular complexity index is 481. The van der Waals surface area contributed by atoms with Crippen LogP contribution in [0.2, 0.25) is 0 Å². The number of hydrogen-bond donors (Lipinski definition) is 2. The SMILES string of the molecule is CCCCOCCOCCNC(=NCc1c(CC)noc1CC)NCC. The van der Waals surface area contributed by atoms with Gasteiger partial charge in [-0.2, -0.15) is 0 Å². The van der Waals surface area contributed by atoms with Crippen molar-refractivity contribution in [2.75, 3.05) is 39.5 Å². The van der Waals surface area contributed by atoms with Crippen molar-refractivity contribution in [1.82, 2.24) is 15.8 Å². The monoisotopic (exact) mass is 368 g/mol. The minimum Gasteiger partial charge on any atom is -0.379 e. The van der Waals surface area contributed by atoms with E-state index in [4.69, 9.17) is 14.0 Å². The molecule has 1 rings (SSSR count). The number of guanidine groups is 1. The lowest BCUT2D eigenvalue weighted by Crippen LogP contribution is -2.39. The number of unbranched alkanes of at least 4 members (excludes halogenated alkanes) is 1. The maximum absolute atomic E-state index is 5.57. The van der Waals surface area contributed by atoms with E-state index in [9.17, 15) is 0 Å². The minimum atomic E-state index is 0.567. The van der Waals surface area contributed by atoms with Crippen molar-refractivity contribution >= 4 is 5.96 Å². The maximum Gasteiger partial charge on any atom is 0.191 e. The van der Waals surface area contributed by atoms with Gasteiger partial charge in [0.25, 0.3) is 0 Å². The van der Waals surface area contributed by atoms with Crippen LogP contribution in [0.5, 0.6) is 0 Å². The minimum absolute atomic E-state index is 0.567. The highest BCUT2D eigenvalue weighted by atomic mass is 16.5. The number of ether oxygens (including phenoxy) is 2. The van der Waals surface area contributed by atoms with Gasteiger partial charge < -0.3 is 24.6 Å². The number of aryl methyl sites for hydroxylation is 2. The van der Waals surface area contributed by atoms with Crippen molar-refractivity contribution in [3.63, 3.8) is 0 Å². The molecule has 2 N–H and O–H groups in total. The number of nitrogens with one attached hydrogen (secondary N) is 2. The fraction of sp³-hybridized carbons (Fsp3) is 0.789. The number of hydrogen-bond acceptors (Lipinski definition) is 5. The highest BCUT2D eigenvalue weighted by Gasteiger charge is 2.12. The Balaban J connectivity index is 2.34. The third-order valence-corrected chi connectivity index (χ3v) is 3.90. The number of rotatable bonds is 14. The third-order valence-electron chi connectivity index (χ3n) is 3.90. The Labute approximate surface area is 157 Å². The molecule has 0 saturated heterocycles. The third kappa shape index (κ3) is 8.67. The molecule has 0 bridgehead atoms. The molecule has 1 heterocycles. The Kier molecular flexibility index (Phi) is 12.6. The first kappa shape index (κ1) is 22.4. The molecule has 0 aromatic carbocycles. The molecule has 7 heteroatoms. The molecular formula is C19H36N4O3. The second kappa shape index (κ2) is 14.6. The first-order valence-electron chi connectivity index (χ1n) is 9.90. The molecule has 0 fully saturated rings. The van der Waals surface area contributed by atoms with Crippen molar-refractivity contribution in [1.29, 1.82) is 0 Å². The molecule has 0 aliphatic carbocycles. The lowest BCUT2D eigenvalue weighted by molar-refractivity contribution is 0.0487. The summed E-state index contributed by atoms with van der Waals surface area (Å²) < 4.78 is 16.4. The Hall–Kier alpha value is -1.60. The van der Waals surface area contributed by atoms with Gasteiger partial charge in [0.2, 0.25) is 0 Å². The molecule has 0 atom stereocenters. The van der Waals surface area contributed by atoms with Crippen molar-refractivity contribution in [3.05, 3.63) is 17.0 Å². The van der Waals surface area contributed by atoms with Crippen molar-refractivity contribution in [2.45, 2.75) is 59.9 Å². The maximum atomic E-state index is 5.57. The van der Waals surface area contributed by atoms with Crippen LogP contribution in [0.25, 0.3) is 0 Å². The van der Waals surface area contributed by atoms with Crippen LogP contribution in [0.3, 0.4) is 0 Å². The first-order chi connectivity index (χ1) is 12.8. The molecule has 1 aromatic rings. The Morgan fingerprint density at radius 2 is 1.77 bits per heavy atom. The molecule has 7 nitrogen and oxygen atoms in total. The second-order valence-corrected chi connectivity index (χ2v) is 5.94. The van der Waals surface area contributed by atoms with Crippen LogP contribution in [0, 0.1) is 0 Å². The lowest BCUT2D eigenvalue weighted by Gasteiger charge is -2.12. The molecule has 0 radical (unpaired) electrons. The van der Waals surface area contributed by atoms with E-state index in [2.05, 4.69) is 48.5 Å². The van der Waals surface area contributed by atoms with E-state index >= 15 is 0 Å². The summed E-state index contributed by atoms with van der Waals surface area (Å²) >= 11 is 0. The predicted octanol–water partition coefficient (Wildman–Crippen LogP) is 2.69. The molecule has 0 unspecified atom stereocenters. The van der Waals surface area contributed by atoms with Crippen molar-refractivity contribution in [2.24, 2.45) is 4.99 Å². The Morgan fingerprint density at radius 3 is 2.42 bits per heavy atom. The number of aliphatic imine (C=N–C) groups is 1. The summed E-state index contributed by atoms with van der Waals surface area (Å²) in [6.07, 6.45) is 3.95. The van der Waals surface area contributed by atoms with Gasteiger partial charge in [0.05, 0.1) is 32.1 Å². The zero-order valence-electron chi connectivity index (χ0n) is 16.9. The van der Waals surface area contributed by atoms with E-state index in [0.717, 1.165) is 61.8 Å². The van der Waals surface area contributed by atoms with Gasteiger partial charge in [-0.25, -0.2) is 4.99 Å². The zero-order valence-corrected chi connectivity index (χ0v) is 16.9. The largest absolute Gasteiger partial charge is 0.379 e. The summed E-state index contributed by atoms with van der Waals surface area (Å²) in [6.45, 7) is 13.1. The molecule has 0 amide bonds. The van der Waals surface area contributed by atoms with Crippen LogP contribution < -0.4 is 10.6 Å². The molecule has 150 valence electrons. The van der Waals surface area contributed by atoms with E-state index in [-0.39, 0.29) is 0 Å². The van der Waals surface area contributed by atoms with E-state index < -0.39 is 0 Å². The van der Waals surface area contributed by atoms with Crippen LogP contribution in [0.4, 0.5) is 0 Å².